The third kappa shape index (κ3) is 4.51. The summed E-state index contributed by atoms with van der Waals surface area (Å²) in [5.74, 6) is 1.55. The van der Waals surface area contributed by atoms with Gasteiger partial charge in [-0.15, -0.1) is 0 Å². The first-order valence-corrected chi connectivity index (χ1v) is 8.80. The predicted molar refractivity (Wildman–Crippen MR) is 103 cm³/mol. The number of nitrogens with one attached hydrogen (secondary N) is 1. The Labute approximate surface area is 153 Å². The van der Waals surface area contributed by atoms with E-state index in [2.05, 4.69) is 27.5 Å². The van der Waals surface area contributed by atoms with Crippen LogP contribution in [0.15, 0.2) is 67.3 Å². The van der Waals surface area contributed by atoms with Gasteiger partial charge in [-0.3, -0.25) is 4.79 Å². The monoisotopic (exact) mass is 349 g/mol. The van der Waals surface area contributed by atoms with E-state index in [0.717, 1.165) is 42.0 Å². The van der Waals surface area contributed by atoms with E-state index < -0.39 is 0 Å². The van der Waals surface area contributed by atoms with Crippen molar-refractivity contribution in [2.75, 3.05) is 6.61 Å². The lowest BCUT2D eigenvalue weighted by molar-refractivity contribution is -0.116. The van der Waals surface area contributed by atoms with Crippen LogP contribution in [0.2, 0.25) is 0 Å². The number of nitrogens with zero attached hydrogens (tertiary/aromatic N) is 2. The number of amides is 1. The van der Waals surface area contributed by atoms with E-state index in [1.54, 1.807) is 0 Å². The summed E-state index contributed by atoms with van der Waals surface area (Å²) in [5, 5.41) is 2.81. The molecule has 1 heterocycles. The van der Waals surface area contributed by atoms with Gasteiger partial charge in [-0.2, -0.15) is 0 Å². The lowest BCUT2D eigenvalue weighted by Gasteiger charge is -2.10. The van der Waals surface area contributed by atoms with E-state index in [4.69, 9.17) is 4.74 Å². The van der Waals surface area contributed by atoms with Gasteiger partial charge in [0.25, 0.3) is 0 Å². The van der Waals surface area contributed by atoms with Gasteiger partial charge in [0.1, 0.15) is 11.6 Å². The number of hydrogen-bond donors (Lipinski definition) is 1. The summed E-state index contributed by atoms with van der Waals surface area (Å²) >= 11 is 0. The summed E-state index contributed by atoms with van der Waals surface area (Å²) in [4.78, 5) is 16.1. The molecule has 3 rings (SSSR count). The van der Waals surface area contributed by atoms with Crippen LogP contribution in [0.1, 0.15) is 18.7 Å². The first-order valence-electron chi connectivity index (χ1n) is 8.80. The fourth-order valence-electron chi connectivity index (χ4n) is 2.83. The number of carbonyl (C=O) groups excluding carboxylic acids is 1. The molecule has 3 aromatic rings. The Morgan fingerprint density at radius 2 is 1.88 bits per heavy atom. The maximum atomic E-state index is 11.5. The Hall–Kier alpha value is -3.08. The average molecular weight is 349 g/mol. The highest BCUT2D eigenvalue weighted by atomic mass is 16.5. The first kappa shape index (κ1) is 17.7. The molecule has 0 unspecified atom stereocenters. The molecule has 0 aliphatic heterocycles. The van der Waals surface area contributed by atoms with Gasteiger partial charge in [0, 0.05) is 6.54 Å². The molecule has 0 aliphatic carbocycles. The van der Waals surface area contributed by atoms with E-state index in [1.165, 1.54) is 6.08 Å². The highest BCUT2D eigenvalue weighted by Crippen LogP contribution is 2.17. The van der Waals surface area contributed by atoms with Crippen molar-refractivity contribution < 1.29 is 9.53 Å². The molecular weight excluding hydrogens is 326 g/mol. The number of imidazole rings is 1. The zero-order chi connectivity index (χ0) is 18.2. The number of fused-ring (bicyclic) bond motifs is 1. The first-order chi connectivity index (χ1) is 12.8. The van der Waals surface area contributed by atoms with Crippen molar-refractivity contribution in [1.29, 1.82) is 0 Å². The van der Waals surface area contributed by atoms with Crippen molar-refractivity contribution in [2.24, 2.45) is 0 Å². The molecule has 0 saturated heterocycles. The van der Waals surface area contributed by atoms with Crippen LogP contribution in [0.5, 0.6) is 5.75 Å². The third-order valence-electron chi connectivity index (χ3n) is 4.13. The van der Waals surface area contributed by atoms with E-state index in [-0.39, 0.29) is 5.91 Å². The Morgan fingerprint density at radius 1 is 1.12 bits per heavy atom. The molecule has 0 radical (unpaired) electrons. The van der Waals surface area contributed by atoms with E-state index in [1.807, 2.05) is 48.5 Å². The highest BCUT2D eigenvalue weighted by molar-refractivity contribution is 5.86. The second kappa shape index (κ2) is 8.85. The Bertz CT molecular complexity index is 871. The maximum absolute atomic E-state index is 11.5. The minimum Gasteiger partial charge on any atom is -0.494 e. The fraction of sp³-hybridized carbons (Fsp3) is 0.238. The predicted octanol–water partition coefficient (Wildman–Crippen LogP) is 3.70. The third-order valence-corrected chi connectivity index (χ3v) is 4.13. The van der Waals surface area contributed by atoms with Crippen LogP contribution < -0.4 is 10.1 Å². The fourth-order valence-corrected chi connectivity index (χ4v) is 2.83. The number of benzene rings is 2. The number of hydrogen-bond acceptors (Lipinski definition) is 3. The smallest absolute Gasteiger partial charge is 0.243 e. The molecule has 1 N–H and O–H groups in total. The molecule has 0 aliphatic rings. The molecule has 0 saturated carbocycles. The maximum Gasteiger partial charge on any atom is 0.243 e. The van der Waals surface area contributed by atoms with Gasteiger partial charge < -0.3 is 14.6 Å². The van der Waals surface area contributed by atoms with Crippen LogP contribution in [-0.4, -0.2) is 22.1 Å². The minimum atomic E-state index is -0.195. The molecule has 0 atom stereocenters. The van der Waals surface area contributed by atoms with Crippen molar-refractivity contribution in [3.05, 3.63) is 73.1 Å². The summed E-state index contributed by atoms with van der Waals surface area (Å²) < 4.78 is 7.91. The Morgan fingerprint density at radius 3 is 2.69 bits per heavy atom. The zero-order valence-corrected chi connectivity index (χ0v) is 14.7. The van der Waals surface area contributed by atoms with Gasteiger partial charge >= 0.3 is 0 Å². The molecule has 5 nitrogen and oxygen atoms in total. The molecule has 0 fully saturated rings. The van der Waals surface area contributed by atoms with E-state index in [9.17, 15) is 4.79 Å². The number of unbranched alkanes of at least 4 members (excludes halogenated alkanes) is 1. The molecular formula is C21H23N3O2. The van der Waals surface area contributed by atoms with Crippen molar-refractivity contribution in [3.8, 4) is 5.75 Å². The standard InChI is InChI=1S/C21H23N3O2/c1-2-21(25)22-16-20-23-18-12-6-7-13-19(18)24(20)14-8-9-15-26-17-10-4-3-5-11-17/h2-7,10-13H,1,8-9,14-16H2,(H,22,25). The zero-order valence-electron chi connectivity index (χ0n) is 14.7. The minimum absolute atomic E-state index is 0.195. The van der Waals surface area contributed by atoms with Crippen molar-refractivity contribution in [2.45, 2.75) is 25.9 Å². The summed E-state index contributed by atoms with van der Waals surface area (Å²) in [7, 11) is 0. The molecule has 0 bridgehead atoms. The second-order valence-corrected chi connectivity index (χ2v) is 5.96. The van der Waals surface area contributed by atoms with Gasteiger partial charge in [0.2, 0.25) is 5.91 Å². The van der Waals surface area contributed by atoms with Gasteiger partial charge in [-0.1, -0.05) is 36.9 Å². The summed E-state index contributed by atoms with van der Waals surface area (Å²) in [6, 6.07) is 17.9. The Kier molecular flexibility index (Phi) is 6.04. The lowest BCUT2D eigenvalue weighted by atomic mass is 10.3. The number of aromatic nitrogens is 2. The quantitative estimate of drug-likeness (QED) is 0.473. The normalized spacial score (nSPS) is 10.6. The molecule has 2 aromatic carbocycles. The SMILES string of the molecule is C=CC(=O)NCc1nc2ccccc2n1CCCCOc1ccccc1. The largest absolute Gasteiger partial charge is 0.494 e. The number of ether oxygens (including phenoxy) is 1. The molecule has 0 spiro atoms. The molecule has 26 heavy (non-hydrogen) atoms. The van der Waals surface area contributed by atoms with Crippen molar-refractivity contribution in [1.82, 2.24) is 14.9 Å². The van der Waals surface area contributed by atoms with Crippen LogP contribution in [-0.2, 0) is 17.9 Å². The number of rotatable bonds is 9. The van der Waals surface area contributed by atoms with Crippen molar-refractivity contribution >= 4 is 16.9 Å². The highest BCUT2D eigenvalue weighted by Gasteiger charge is 2.10. The molecule has 134 valence electrons. The number of aryl methyl sites for hydroxylation is 1. The van der Waals surface area contributed by atoms with Crippen LogP contribution in [0.25, 0.3) is 11.0 Å². The lowest BCUT2D eigenvalue weighted by Crippen LogP contribution is -2.22. The second-order valence-electron chi connectivity index (χ2n) is 5.96. The van der Waals surface area contributed by atoms with E-state index in [0.29, 0.717) is 13.2 Å². The van der Waals surface area contributed by atoms with Crippen LogP contribution >= 0.6 is 0 Å². The van der Waals surface area contributed by atoms with Crippen LogP contribution in [0.4, 0.5) is 0 Å². The van der Waals surface area contributed by atoms with Gasteiger partial charge in [0.05, 0.1) is 24.2 Å². The average Bonchev–Trinajstić information content (AvgIpc) is 3.04. The van der Waals surface area contributed by atoms with E-state index >= 15 is 0 Å². The van der Waals surface area contributed by atoms with Crippen molar-refractivity contribution in [3.63, 3.8) is 0 Å². The summed E-state index contributed by atoms with van der Waals surface area (Å²) in [5.41, 5.74) is 2.02. The molecule has 5 heteroatoms. The summed E-state index contributed by atoms with van der Waals surface area (Å²) in [6.45, 7) is 5.38. The van der Waals surface area contributed by atoms with Gasteiger partial charge in [0.15, 0.2) is 0 Å². The Balaban J connectivity index is 1.60. The molecule has 1 amide bonds. The van der Waals surface area contributed by atoms with Gasteiger partial charge in [-0.25, -0.2) is 4.98 Å². The van der Waals surface area contributed by atoms with Crippen LogP contribution in [0, 0.1) is 0 Å². The summed E-state index contributed by atoms with van der Waals surface area (Å²) in [6.07, 6.45) is 3.18. The number of carbonyl (C=O) groups is 1. The van der Waals surface area contributed by atoms with Gasteiger partial charge in [-0.05, 0) is 43.2 Å². The molecule has 1 aromatic heterocycles. The topological polar surface area (TPSA) is 56.2 Å². The van der Waals surface area contributed by atoms with Crippen LogP contribution in [0.3, 0.4) is 0 Å². The number of para-hydroxylation sites is 3.